The molecule has 4 heteroatoms. The van der Waals surface area contributed by atoms with Crippen LogP contribution in [0.3, 0.4) is 0 Å². The molecular weight excluding hydrogens is 256 g/mol. The number of carbonyl (C=O) groups is 2. The topological polar surface area (TPSA) is 52.6 Å². The van der Waals surface area contributed by atoms with E-state index in [0.29, 0.717) is 12.8 Å². The molecule has 0 saturated heterocycles. The van der Waals surface area contributed by atoms with E-state index in [9.17, 15) is 9.59 Å². The van der Waals surface area contributed by atoms with E-state index < -0.39 is 5.97 Å². The fourth-order valence-electron chi connectivity index (χ4n) is 1.42. The summed E-state index contributed by atoms with van der Waals surface area (Å²) in [6, 6.07) is 0. The third-order valence-electron chi connectivity index (χ3n) is 2.95. The first kappa shape index (κ1) is 18.4. The predicted molar refractivity (Wildman–Crippen MR) is 79.1 cm³/mol. The van der Waals surface area contributed by atoms with E-state index in [1.807, 2.05) is 20.8 Å². The van der Waals surface area contributed by atoms with E-state index in [1.54, 1.807) is 12.2 Å². The van der Waals surface area contributed by atoms with Gasteiger partial charge in [-0.2, -0.15) is 0 Å². The minimum absolute atomic E-state index is 0.0361. The van der Waals surface area contributed by atoms with Gasteiger partial charge in [-0.1, -0.05) is 26.0 Å². The van der Waals surface area contributed by atoms with Crippen molar-refractivity contribution in [1.82, 2.24) is 0 Å². The lowest BCUT2D eigenvalue weighted by molar-refractivity contribution is -0.156. The molecule has 0 aliphatic heterocycles. The molecule has 0 fully saturated rings. The highest BCUT2D eigenvalue weighted by atomic mass is 16.5. The summed E-state index contributed by atoms with van der Waals surface area (Å²) in [6.07, 6.45) is 4.23. The van der Waals surface area contributed by atoms with Crippen molar-refractivity contribution in [2.24, 2.45) is 5.92 Å². The Morgan fingerprint density at radius 2 is 1.40 bits per heavy atom. The zero-order valence-corrected chi connectivity index (χ0v) is 12.8. The summed E-state index contributed by atoms with van der Waals surface area (Å²) in [4.78, 5) is 23.2. The molecule has 0 spiro atoms. The van der Waals surface area contributed by atoms with Gasteiger partial charge < -0.3 is 9.47 Å². The second-order valence-corrected chi connectivity index (χ2v) is 5.10. The average molecular weight is 282 g/mol. The van der Waals surface area contributed by atoms with Crippen molar-refractivity contribution < 1.29 is 19.1 Å². The van der Waals surface area contributed by atoms with Crippen LogP contribution in [-0.4, -0.2) is 24.1 Å². The molecule has 0 saturated carbocycles. The fraction of sp³-hybridized carbons (Fsp3) is 0.625. The highest BCUT2D eigenvalue weighted by Crippen LogP contribution is 2.10. The molecule has 0 aromatic rings. The van der Waals surface area contributed by atoms with E-state index in [2.05, 4.69) is 13.2 Å². The van der Waals surface area contributed by atoms with Gasteiger partial charge in [-0.3, -0.25) is 9.59 Å². The Kier molecular flexibility index (Phi) is 9.43. The van der Waals surface area contributed by atoms with Crippen molar-refractivity contribution in [3.8, 4) is 0 Å². The van der Waals surface area contributed by atoms with Gasteiger partial charge in [0.15, 0.2) is 0 Å². The first-order valence-electron chi connectivity index (χ1n) is 7.01. The van der Waals surface area contributed by atoms with Crippen LogP contribution in [0, 0.1) is 5.92 Å². The van der Waals surface area contributed by atoms with Crippen molar-refractivity contribution in [1.29, 1.82) is 0 Å². The lowest BCUT2D eigenvalue weighted by Crippen LogP contribution is -2.22. The van der Waals surface area contributed by atoms with Gasteiger partial charge in [0.1, 0.15) is 12.2 Å². The zero-order valence-electron chi connectivity index (χ0n) is 12.8. The van der Waals surface area contributed by atoms with Crippen molar-refractivity contribution in [2.75, 3.05) is 0 Å². The van der Waals surface area contributed by atoms with Crippen LogP contribution in [0.2, 0.25) is 0 Å². The first-order valence-corrected chi connectivity index (χ1v) is 7.01. The molecular formula is C16H26O4. The van der Waals surface area contributed by atoms with Gasteiger partial charge >= 0.3 is 11.9 Å². The quantitative estimate of drug-likeness (QED) is 0.455. The summed E-state index contributed by atoms with van der Waals surface area (Å²) in [6.45, 7) is 13.0. The summed E-state index contributed by atoms with van der Waals surface area (Å²) in [7, 11) is 0. The van der Waals surface area contributed by atoms with Gasteiger partial charge in [0.25, 0.3) is 0 Å². The number of esters is 2. The minimum atomic E-state index is -0.396. The number of carbonyl (C=O) groups excluding carboxylic acids is 2. The highest BCUT2D eigenvalue weighted by Gasteiger charge is 2.16. The molecule has 0 amide bonds. The Morgan fingerprint density at radius 3 is 1.80 bits per heavy atom. The lowest BCUT2D eigenvalue weighted by atomic mass is 10.1. The SMILES string of the molecule is C=CCC(CC=C)OC(=O)CCC(=O)OC(C)C(C)C. The summed E-state index contributed by atoms with van der Waals surface area (Å²) in [5, 5.41) is 0. The molecule has 0 aromatic heterocycles. The standard InChI is InChI=1S/C16H26O4/c1-6-8-14(9-7-2)20-16(18)11-10-15(17)19-13(5)12(3)4/h6-7,12-14H,1-2,8-11H2,3-5H3. The number of hydrogen-bond donors (Lipinski definition) is 0. The lowest BCUT2D eigenvalue weighted by Gasteiger charge is -2.17. The fourth-order valence-corrected chi connectivity index (χ4v) is 1.42. The summed E-state index contributed by atoms with van der Waals surface area (Å²) >= 11 is 0. The smallest absolute Gasteiger partial charge is 0.306 e. The third-order valence-corrected chi connectivity index (χ3v) is 2.95. The number of hydrogen-bond acceptors (Lipinski definition) is 4. The molecule has 0 rings (SSSR count). The Bertz CT molecular complexity index is 323. The Balaban J connectivity index is 4.05. The molecule has 1 atom stereocenters. The van der Waals surface area contributed by atoms with E-state index in [-0.39, 0.29) is 36.9 Å². The van der Waals surface area contributed by atoms with Crippen LogP contribution in [0.1, 0.15) is 46.5 Å². The maximum atomic E-state index is 11.6. The van der Waals surface area contributed by atoms with Crippen LogP contribution < -0.4 is 0 Å². The molecule has 0 bridgehead atoms. The summed E-state index contributed by atoms with van der Waals surface area (Å²) in [5.41, 5.74) is 0. The monoisotopic (exact) mass is 282 g/mol. The van der Waals surface area contributed by atoms with Gasteiger partial charge in [-0.15, -0.1) is 13.2 Å². The predicted octanol–water partition coefficient (Wildman–Crippen LogP) is 3.42. The zero-order chi connectivity index (χ0) is 15.5. The highest BCUT2D eigenvalue weighted by molar-refractivity contribution is 5.77. The van der Waals surface area contributed by atoms with Gasteiger partial charge in [-0.25, -0.2) is 0 Å². The maximum Gasteiger partial charge on any atom is 0.306 e. The summed E-state index contributed by atoms with van der Waals surface area (Å²) < 4.78 is 10.4. The first-order chi connectivity index (χ1) is 9.40. The molecule has 114 valence electrons. The van der Waals surface area contributed by atoms with E-state index in [1.165, 1.54) is 0 Å². The average Bonchev–Trinajstić information content (AvgIpc) is 2.36. The van der Waals surface area contributed by atoms with Crippen molar-refractivity contribution >= 4 is 11.9 Å². The molecule has 0 N–H and O–H groups in total. The Labute approximate surface area is 121 Å². The van der Waals surface area contributed by atoms with Gasteiger partial charge in [-0.05, 0) is 12.8 Å². The molecule has 0 aromatic carbocycles. The molecule has 4 nitrogen and oxygen atoms in total. The van der Waals surface area contributed by atoms with Gasteiger partial charge in [0.05, 0.1) is 12.8 Å². The minimum Gasteiger partial charge on any atom is -0.462 e. The Hall–Kier alpha value is -1.58. The van der Waals surface area contributed by atoms with Crippen LogP contribution >= 0.6 is 0 Å². The molecule has 20 heavy (non-hydrogen) atoms. The van der Waals surface area contributed by atoms with E-state index in [0.717, 1.165) is 0 Å². The van der Waals surface area contributed by atoms with Crippen LogP contribution in [0.25, 0.3) is 0 Å². The second-order valence-electron chi connectivity index (χ2n) is 5.10. The summed E-state index contributed by atoms with van der Waals surface area (Å²) in [5.74, 6) is -0.504. The van der Waals surface area contributed by atoms with Gasteiger partial charge in [0.2, 0.25) is 0 Å². The van der Waals surface area contributed by atoms with Crippen LogP contribution in [0.5, 0.6) is 0 Å². The molecule has 1 unspecified atom stereocenters. The van der Waals surface area contributed by atoms with Gasteiger partial charge in [0, 0.05) is 12.8 Å². The van der Waals surface area contributed by atoms with Crippen LogP contribution in [0.15, 0.2) is 25.3 Å². The largest absolute Gasteiger partial charge is 0.462 e. The molecule has 0 radical (unpaired) electrons. The molecule has 0 aliphatic carbocycles. The van der Waals surface area contributed by atoms with Crippen molar-refractivity contribution in [2.45, 2.75) is 58.7 Å². The molecule has 0 heterocycles. The van der Waals surface area contributed by atoms with E-state index in [4.69, 9.17) is 9.47 Å². The third kappa shape index (κ3) is 8.51. The molecule has 0 aliphatic rings. The Morgan fingerprint density at radius 1 is 0.950 bits per heavy atom. The number of rotatable bonds is 10. The number of ether oxygens (including phenoxy) is 2. The van der Waals surface area contributed by atoms with Crippen LogP contribution in [0.4, 0.5) is 0 Å². The van der Waals surface area contributed by atoms with Crippen molar-refractivity contribution in [3.05, 3.63) is 25.3 Å². The van der Waals surface area contributed by atoms with E-state index >= 15 is 0 Å². The normalized spacial score (nSPS) is 12.1. The second kappa shape index (κ2) is 10.2. The van der Waals surface area contributed by atoms with Crippen molar-refractivity contribution in [3.63, 3.8) is 0 Å². The maximum absolute atomic E-state index is 11.6. The van der Waals surface area contributed by atoms with Crippen LogP contribution in [-0.2, 0) is 19.1 Å².